The Bertz CT molecular complexity index is 758. The Hall–Kier alpha value is -2.13. The molecule has 0 amide bonds. The molecular formula is C18H21N3. The molecule has 0 saturated heterocycles. The van der Waals surface area contributed by atoms with E-state index in [2.05, 4.69) is 61.5 Å². The molecule has 0 saturated carbocycles. The summed E-state index contributed by atoms with van der Waals surface area (Å²) in [5.41, 5.74) is 6.31. The first-order chi connectivity index (χ1) is 10.2. The van der Waals surface area contributed by atoms with E-state index in [0.29, 0.717) is 0 Å². The molecule has 108 valence electrons. The van der Waals surface area contributed by atoms with Gasteiger partial charge in [-0.3, -0.25) is 0 Å². The molecule has 1 aromatic carbocycles. The SMILES string of the molecule is CCNC(c1cc(C)ccc1C)c1cnn2ccccc12. The van der Waals surface area contributed by atoms with Crippen molar-refractivity contribution in [3.63, 3.8) is 0 Å². The maximum absolute atomic E-state index is 4.48. The van der Waals surface area contributed by atoms with Crippen LogP contribution in [0.3, 0.4) is 0 Å². The molecule has 1 N–H and O–H groups in total. The second kappa shape index (κ2) is 5.70. The zero-order valence-electron chi connectivity index (χ0n) is 12.8. The molecule has 3 heteroatoms. The van der Waals surface area contributed by atoms with Crippen LogP contribution in [-0.4, -0.2) is 16.2 Å². The van der Waals surface area contributed by atoms with Crippen LogP contribution >= 0.6 is 0 Å². The van der Waals surface area contributed by atoms with Gasteiger partial charge in [0.25, 0.3) is 0 Å². The summed E-state index contributed by atoms with van der Waals surface area (Å²) in [7, 11) is 0. The summed E-state index contributed by atoms with van der Waals surface area (Å²) in [4.78, 5) is 0. The van der Waals surface area contributed by atoms with Crippen LogP contribution in [-0.2, 0) is 0 Å². The van der Waals surface area contributed by atoms with E-state index in [-0.39, 0.29) is 6.04 Å². The summed E-state index contributed by atoms with van der Waals surface area (Å²) in [5, 5.41) is 8.08. The fourth-order valence-corrected chi connectivity index (χ4v) is 2.84. The highest BCUT2D eigenvalue weighted by molar-refractivity contribution is 5.57. The summed E-state index contributed by atoms with van der Waals surface area (Å²) < 4.78 is 1.94. The number of hydrogen-bond donors (Lipinski definition) is 1. The molecule has 3 nitrogen and oxygen atoms in total. The number of hydrogen-bond acceptors (Lipinski definition) is 2. The molecule has 21 heavy (non-hydrogen) atoms. The molecule has 1 atom stereocenters. The van der Waals surface area contributed by atoms with Crippen molar-refractivity contribution in [3.05, 3.63) is 71.0 Å². The zero-order chi connectivity index (χ0) is 14.8. The minimum Gasteiger partial charge on any atom is -0.306 e. The van der Waals surface area contributed by atoms with Gasteiger partial charge in [0.1, 0.15) is 0 Å². The summed E-state index contributed by atoms with van der Waals surface area (Å²) in [6.07, 6.45) is 3.97. The molecule has 0 aliphatic carbocycles. The number of pyridine rings is 1. The Morgan fingerprint density at radius 3 is 2.81 bits per heavy atom. The Labute approximate surface area is 125 Å². The number of aromatic nitrogens is 2. The van der Waals surface area contributed by atoms with E-state index in [1.165, 1.54) is 22.3 Å². The second-order valence-electron chi connectivity index (χ2n) is 5.48. The normalized spacial score (nSPS) is 12.7. The monoisotopic (exact) mass is 279 g/mol. The minimum atomic E-state index is 0.176. The van der Waals surface area contributed by atoms with Crippen LogP contribution < -0.4 is 5.32 Å². The molecule has 0 spiro atoms. The average Bonchev–Trinajstić information content (AvgIpc) is 2.91. The van der Waals surface area contributed by atoms with E-state index in [4.69, 9.17) is 0 Å². The fraction of sp³-hybridized carbons (Fsp3) is 0.278. The predicted octanol–water partition coefficient (Wildman–Crippen LogP) is 3.65. The lowest BCUT2D eigenvalue weighted by molar-refractivity contribution is 0.631. The molecule has 0 fully saturated rings. The average molecular weight is 279 g/mol. The quantitative estimate of drug-likeness (QED) is 0.790. The van der Waals surface area contributed by atoms with E-state index in [1.807, 2.05) is 23.0 Å². The molecule has 2 aromatic heterocycles. The fourth-order valence-electron chi connectivity index (χ4n) is 2.84. The maximum Gasteiger partial charge on any atom is 0.0712 e. The van der Waals surface area contributed by atoms with Gasteiger partial charge in [-0.25, -0.2) is 4.52 Å². The van der Waals surface area contributed by atoms with E-state index in [1.54, 1.807) is 0 Å². The van der Waals surface area contributed by atoms with Crippen molar-refractivity contribution in [1.82, 2.24) is 14.9 Å². The first-order valence-corrected chi connectivity index (χ1v) is 7.43. The Kier molecular flexibility index (Phi) is 3.76. The zero-order valence-corrected chi connectivity index (χ0v) is 12.8. The van der Waals surface area contributed by atoms with Gasteiger partial charge in [0, 0.05) is 11.8 Å². The van der Waals surface area contributed by atoms with Crippen LogP contribution in [0.25, 0.3) is 5.52 Å². The molecule has 0 aliphatic rings. The first-order valence-electron chi connectivity index (χ1n) is 7.43. The van der Waals surface area contributed by atoms with Crippen molar-refractivity contribution in [1.29, 1.82) is 0 Å². The molecule has 1 unspecified atom stereocenters. The van der Waals surface area contributed by atoms with Gasteiger partial charge in [-0.2, -0.15) is 5.10 Å². The third-order valence-electron chi connectivity index (χ3n) is 3.92. The van der Waals surface area contributed by atoms with Crippen LogP contribution in [0.5, 0.6) is 0 Å². The van der Waals surface area contributed by atoms with Gasteiger partial charge in [-0.15, -0.1) is 0 Å². The van der Waals surface area contributed by atoms with Crippen molar-refractivity contribution in [2.24, 2.45) is 0 Å². The molecule has 0 bridgehead atoms. The van der Waals surface area contributed by atoms with E-state index < -0.39 is 0 Å². The molecule has 2 heterocycles. The maximum atomic E-state index is 4.48. The van der Waals surface area contributed by atoms with Gasteiger partial charge >= 0.3 is 0 Å². The lowest BCUT2D eigenvalue weighted by Gasteiger charge is -2.20. The van der Waals surface area contributed by atoms with Crippen LogP contribution in [0.4, 0.5) is 0 Å². The number of fused-ring (bicyclic) bond motifs is 1. The predicted molar refractivity (Wildman–Crippen MR) is 86.6 cm³/mol. The van der Waals surface area contributed by atoms with Gasteiger partial charge in [-0.05, 0) is 43.7 Å². The van der Waals surface area contributed by atoms with Crippen LogP contribution in [0.1, 0.15) is 35.2 Å². The van der Waals surface area contributed by atoms with Crippen molar-refractivity contribution in [2.45, 2.75) is 26.8 Å². The van der Waals surface area contributed by atoms with Crippen molar-refractivity contribution < 1.29 is 0 Å². The standard InChI is InChI=1S/C18H21N3/c1-4-19-18(15-11-13(2)8-9-14(15)3)16-12-20-21-10-6-5-7-17(16)21/h5-12,18-19H,4H2,1-3H3. The Morgan fingerprint density at radius 1 is 1.14 bits per heavy atom. The van der Waals surface area contributed by atoms with Crippen molar-refractivity contribution >= 4 is 5.52 Å². The number of benzene rings is 1. The Morgan fingerprint density at radius 2 is 2.00 bits per heavy atom. The highest BCUT2D eigenvalue weighted by atomic mass is 15.2. The van der Waals surface area contributed by atoms with Gasteiger partial charge in [0.2, 0.25) is 0 Å². The third-order valence-corrected chi connectivity index (χ3v) is 3.92. The molecular weight excluding hydrogens is 258 g/mol. The molecule has 0 aliphatic heterocycles. The third kappa shape index (κ3) is 2.57. The van der Waals surface area contributed by atoms with E-state index >= 15 is 0 Å². The number of aryl methyl sites for hydroxylation is 2. The van der Waals surface area contributed by atoms with Crippen LogP contribution in [0, 0.1) is 13.8 Å². The van der Waals surface area contributed by atoms with E-state index in [9.17, 15) is 0 Å². The largest absolute Gasteiger partial charge is 0.306 e. The van der Waals surface area contributed by atoms with Gasteiger partial charge < -0.3 is 5.32 Å². The number of nitrogens with one attached hydrogen (secondary N) is 1. The minimum absolute atomic E-state index is 0.176. The molecule has 3 aromatic rings. The first kappa shape index (κ1) is 13.8. The summed E-state index contributed by atoms with van der Waals surface area (Å²) in [6.45, 7) is 7.37. The number of rotatable bonds is 4. The molecule has 3 rings (SSSR count). The van der Waals surface area contributed by atoms with Gasteiger partial charge in [0.05, 0.1) is 17.8 Å². The van der Waals surface area contributed by atoms with Crippen molar-refractivity contribution in [2.75, 3.05) is 6.54 Å². The topological polar surface area (TPSA) is 29.3 Å². The van der Waals surface area contributed by atoms with Gasteiger partial charge in [-0.1, -0.05) is 36.8 Å². The van der Waals surface area contributed by atoms with Gasteiger partial charge in [0.15, 0.2) is 0 Å². The summed E-state index contributed by atoms with van der Waals surface area (Å²) >= 11 is 0. The highest BCUT2D eigenvalue weighted by Crippen LogP contribution is 2.28. The molecule has 0 radical (unpaired) electrons. The van der Waals surface area contributed by atoms with Crippen LogP contribution in [0.15, 0.2) is 48.8 Å². The summed E-state index contributed by atoms with van der Waals surface area (Å²) in [5.74, 6) is 0. The van der Waals surface area contributed by atoms with Crippen molar-refractivity contribution in [3.8, 4) is 0 Å². The highest BCUT2D eigenvalue weighted by Gasteiger charge is 2.19. The van der Waals surface area contributed by atoms with E-state index in [0.717, 1.165) is 12.1 Å². The smallest absolute Gasteiger partial charge is 0.0712 e. The summed E-state index contributed by atoms with van der Waals surface area (Å²) in [6, 6.07) is 13.0. The lowest BCUT2D eigenvalue weighted by Crippen LogP contribution is -2.22. The lowest BCUT2D eigenvalue weighted by atomic mass is 9.94. The Balaban J connectivity index is 2.15. The van der Waals surface area contributed by atoms with Crippen LogP contribution in [0.2, 0.25) is 0 Å². The number of nitrogens with zero attached hydrogens (tertiary/aromatic N) is 2. The second-order valence-corrected chi connectivity index (χ2v) is 5.48.